The third-order valence-corrected chi connectivity index (χ3v) is 4.56. The number of hydrogen-bond donors (Lipinski definition) is 0. The van der Waals surface area contributed by atoms with E-state index in [1.165, 1.54) is 15.6 Å². The zero-order chi connectivity index (χ0) is 10.3. The summed E-state index contributed by atoms with van der Waals surface area (Å²) >= 11 is 6.78. The van der Waals surface area contributed by atoms with Crippen molar-refractivity contribution in [3.05, 3.63) is 38.9 Å². The van der Waals surface area contributed by atoms with Crippen molar-refractivity contribution in [2.75, 3.05) is 0 Å². The van der Waals surface area contributed by atoms with E-state index in [1.54, 1.807) is 22.7 Å². The van der Waals surface area contributed by atoms with E-state index in [2.05, 4.69) is 55.9 Å². The minimum atomic E-state index is 0.938. The number of rotatable bonds is 1. The molecule has 0 spiro atoms. The number of benzene rings is 1. The quantitative estimate of drug-likeness (QED) is 0.629. The molecule has 3 rings (SSSR count). The number of nitrogens with zero attached hydrogens (tertiary/aromatic N) is 1. The summed E-state index contributed by atoms with van der Waals surface area (Å²) in [4.78, 5) is 4.45. The van der Waals surface area contributed by atoms with E-state index in [9.17, 15) is 0 Å². The second-order valence-corrected chi connectivity index (χ2v) is 6.18. The Hall–Kier alpha value is -0.710. The van der Waals surface area contributed by atoms with Gasteiger partial charge in [-0.1, -0.05) is 18.2 Å². The first kappa shape index (κ1) is 9.51. The van der Waals surface area contributed by atoms with Gasteiger partial charge in [-0.2, -0.15) is 0 Å². The molecular weight excluding hydrogens is 290 g/mol. The Labute approximate surface area is 104 Å². The molecule has 2 aromatic heterocycles. The summed E-state index contributed by atoms with van der Waals surface area (Å²) in [6, 6.07) is 8.43. The molecular formula is C11H6BrNS2. The highest BCUT2D eigenvalue weighted by Crippen LogP contribution is 2.34. The molecule has 1 aromatic carbocycles. The van der Waals surface area contributed by atoms with Crippen LogP contribution < -0.4 is 0 Å². The molecule has 0 aliphatic rings. The van der Waals surface area contributed by atoms with Crippen molar-refractivity contribution in [3.63, 3.8) is 0 Å². The van der Waals surface area contributed by atoms with Crippen LogP contribution in [-0.2, 0) is 0 Å². The van der Waals surface area contributed by atoms with Gasteiger partial charge in [-0.15, -0.1) is 22.7 Å². The van der Waals surface area contributed by atoms with Crippen molar-refractivity contribution >= 4 is 48.7 Å². The standard InChI is InChI=1S/C11H6BrNS2/c12-11-13-9(6-15-11)8-5-14-10-4-2-1-3-7(8)10/h1-6H. The number of thiazole rings is 1. The van der Waals surface area contributed by atoms with Gasteiger partial charge in [0.1, 0.15) is 0 Å². The molecule has 0 atom stereocenters. The fourth-order valence-electron chi connectivity index (χ4n) is 1.55. The van der Waals surface area contributed by atoms with Gasteiger partial charge < -0.3 is 0 Å². The normalized spacial score (nSPS) is 11.0. The van der Waals surface area contributed by atoms with E-state index in [4.69, 9.17) is 0 Å². The van der Waals surface area contributed by atoms with Crippen LogP contribution in [0.5, 0.6) is 0 Å². The van der Waals surface area contributed by atoms with Gasteiger partial charge in [0.05, 0.1) is 5.69 Å². The third-order valence-electron chi connectivity index (χ3n) is 2.23. The van der Waals surface area contributed by atoms with Gasteiger partial charge >= 0.3 is 0 Å². The lowest BCUT2D eigenvalue weighted by atomic mass is 10.1. The largest absolute Gasteiger partial charge is 0.229 e. The molecule has 0 saturated heterocycles. The zero-order valence-electron chi connectivity index (χ0n) is 7.61. The summed E-state index contributed by atoms with van der Waals surface area (Å²) in [6.45, 7) is 0. The van der Waals surface area contributed by atoms with Crippen LogP contribution in [0.1, 0.15) is 0 Å². The molecule has 0 fully saturated rings. The Morgan fingerprint density at radius 2 is 1.93 bits per heavy atom. The van der Waals surface area contributed by atoms with Gasteiger partial charge in [0.2, 0.25) is 0 Å². The predicted octanol–water partition coefficient (Wildman–Crippen LogP) is 4.79. The first-order valence-corrected chi connectivity index (χ1v) is 6.97. The van der Waals surface area contributed by atoms with Crippen molar-refractivity contribution in [1.29, 1.82) is 0 Å². The third kappa shape index (κ3) is 1.62. The van der Waals surface area contributed by atoms with Crippen LogP contribution in [0.4, 0.5) is 0 Å². The van der Waals surface area contributed by atoms with E-state index in [0.29, 0.717) is 0 Å². The molecule has 0 unspecified atom stereocenters. The van der Waals surface area contributed by atoms with Crippen LogP contribution in [0.3, 0.4) is 0 Å². The SMILES string of the molecule is Brc1nc(-c2csc3ccccc23)cs1. The topological polar surface area (TPSA) is 12.9 Å². The molecule has 74 valence electrons. The van der Waals surface area contributed by atoms with Gasteiger partial charge in [0.25, 0.3) is 0 Å². The van der Waals surface area contributed by atoms with E-state index in [1.807, 2.05) is 0 Å². The van der Waals surface area contributed by atoms with E-state index in [-0.39, 0.29) is 0 Å². The number of fused-ring (bicyclic) bond motifs is 1. The van der Waals surface area contributed by atoms with Gasteiger partial charge in [-0.25, -0.2) is 4.98 Å². The van der Waals surface area contributed by atoms with Crippen LogP contribution in [0.2, 0.25) is 0 Å². The highest BCUT2D eigenvalue weighted by Gasteiger charge is 2.08. The molecule has 3 aromatic rings. The maximum absolute atomic E-state index is 4.45. The summed E-state index contributed by atoms with van der Waals surface area (Å²) in [5.41, 5.74) is 2.29. The molecule has 0 aliphatic carbocycles. The van der Waals surface area contributed by atoms with E-state index < -0.39 is 0 Å². The van der Waals surface area contributed by atoms with Gasteiger partial charge in [0.15, 0.2) is 3.92 Å². The Bertz CT molecular complexity index is 612. The highest BCUT2D eigenvalue weighted by atomic mass is 79.9. The van der Waals surface area contributed by atoms with Crippen LogP contribution in [0.15, 0.2) is 38.9 Å². The molecule has 0 N–H and O–H groups in total. The molecule has 2 heterocycles. The van der Waals surface area contributed by atoms with Gasteiger partial charge in [-0.3, -0.25) is 0 Å². The summed E-state index contributed by atoms with van der Waals surface area (Å²) < 4.78 is 2.25. The maximum atomic E-state index is 4.45. The molecule has 0 aliphatic heterocycles. The average Bonchev–Trinajstić information content (AvgIpc) is 2.83. The number of halogens is 1. The van der Waals surface area contributed by atoms with Crippen LogP contribution in [0, 0.1) is 0 Å². The first-order chi connectivity index (χ1) is 7.34. The fourth-order valence-corrected chi connectivity index (χ4v) is 3.52. The number of hydrogen-bond acceptors (Lipinski definition) is 3. The van der Waals surface area contributed by atoms with Crippen molar-refractivity contribution in [1.82, 2.24) is 4.98 Å². The lowest BCUT2D eigenvalue weighted by Gasteiger charge is -1.93. The Morgan fingerprint density at radius 3 is 2.73 bits per heavy atom. The van der Waals surface area contributed by atoms with Gasteiger partial charge in [-0.05, 0) is 22.0 Å². The van der Waals surface area contributed by atoms with Crippen molar-refractivity contribution in [3.8, 4) is 11.3 Å². The van der Waals surface area contributed by atoms with Crippen molar-refractivity contribution < 1.29 is 0 Å². The minimum Gasteiger partial charge on any atom is -0.229 e. The van der Waals surface area contributed by atoms with Gasteiger partial charge in [0, 0.05) is 26.4 Å². The Balaban J connectivity index is 2.27. The summed E-state index contributed by atoms with van der Waals surface area (Å²) in [7, 11) is 0. The molecule has 0 saturated carbocycles. The summed E-state index contributed by atoms with van der Waals surface area (Å²) in [5, 5.41) is 5.55. The Morgan fingerprint density at radius 1 is 1.07 bits per heavy atom. The summed E-state index contributed by atoms with van der Waals surface area (Å²) in [5.74, 6) is 0. The highest BCUT2D eigenvalue weighted by molar-refractivity contribution is 9.11. The minimum absolute atomic E-state index is 0.938. The fraction of sp³-hybridized carbons (Fsp3) is 0. The van der Waals surface area contributed by atoms with Crippen LogP contribution in [-0.4, -0.2) is 4.98 Å². The Kier molecular flexibility index (Phi) is 2.35. The molecule has 15 heavy (non-hydrogen) atoms. The summed E-state index contributed by atoms with van der Waals surface area (Å²) in [6.07, 6.45) is 0. The number of aromatic nitrogens is 1. The lowest BCUT2D eigenvalue weighted by Crippen LogP contribution is -1.73. The van der Waals surface area contributed by atoms with E-state index in [0.717, 1.165) is 9.61 Å². The van der Waals surface area contributed by atoms with Crippen LogP contribution >= 0.6 is 38.6 Å². The average molecular weight is 296 g/mol. The molecule has 1 nitrogen and oxygen atoms in total. The monoisotopic (exact) mass is 295 g/mol. The predicted molar refractivity (Wildman–Crippen MR) is 70.6 cm³/mol. The first-order valence-electron chi connectivity index (χ1n) is 4.42. The second-order valence-electron chi connectivity index (χ2n) is 3.13. The van der Waals surface area contributed by atoms with Crippen molar-refractivity contribution in [2.45, 2.75) is 0 Å². The van der Waals surface area contributed by atoms with E-state index >= 15 is 0 Å². The van der Waals surface area contributed by atoms with Crippen molar-refractivity contribution in [2.24, 2.45) is 0 Å². The second kappa shape index (κ2) is 3.70. The molecule has 0 radical (unpaired) electrons. The number of thiophene rings is 1. The maximum Gasteiger partial charge on any atom is 0.159 e. The zero-order valence-corrected chi connectivity index (χ0v) is 10.8. The molecule has 0 bridgehead atoms. The smallest absolute Gasteiger partial charge is 0.159 e. The molecule has 4 heteroatoms. The van der Waals surface area contributed by atoms with Crippen LogP contribution in [0.25, 0.3) is 21.3 Å². The molecule has 0 amide bonds. The lowest BCUT2D eigenvalue weighted by molar-refractivity contribution is 1.38.